The molecule has 0 aliphatic rings. The molecular weight excluding hydrogens is 149 g/mol. The van der Waals surface area contributed by atoms with Gasteiger partial charge in [0.05, 0.1) is 0 Å². The standard InChI is InChI=1S/CHNS.ClH.Fe/c2-1-3;;/h3H;1H;. The van der Waals surface area contributed by atoms with Crippen LogP contribution in [0.4, 0.5) is 0 Å². The Morgan fingerprint density at radius 2 is 1.60 bits per heavy atom. The fraction of sp³-hybridized carbons (Fsp3) is 0. The smallest absolute Gasteiger partial charge is 0.130 e. The van der Waals surface area contributed by atoms with E-state index in [9.17, 15) is 0 Å². The molecule has 0 aliphatic carbocycles. The number of thiocyanates is 1. The Morgan fingerprint density at radius 1 is 1.60 bits per heavy atom. The van der Waals surface area contributed by atoms with E-state index in [1.54, 1.807) is 0 Å². The van der Waals surface area contributed by atoms with E-state index in [1.165, 1.54) is 5.40 Å². The second-order valence-electron chi connectivity index (χ2n) is 0.100. The van der Waals surface area contributed by atoms with Crippen molar-refractivity contribution in [2.45, 2.75) is 0 Å². The molecule has 0 aliphatic heterocycles. The third-order valence-electron chi connectivity index (χ3n) is 0. The Balaban J connectivity index is -0.0000000200. The van der Waals surface area contributed by atoms with Gasteiger partial charge in [-0.2, -0.15) is 5.26 Å². The summed E-state index contributed by atoms with van der Waals surface area (Å²) in [6, 6.07) is 0. The monoisotopic (exact) mass is 151 g/mol. The molecule has 0 saturated heterocycles. The van der Waals surface area contributed by atoms with Gasteiger partial charge in [-0.15, -0.1) is 12.4 Å². The third-order valence-corrected chi connectivity index (χ3v) is 0. The second kappa shape index (κ2) is 22.8. The van der Waals surface area contributed by atoms with E-state index >= 15 is 0 Å². The van der Waals surface area contributed by atoms with E-state index < -0.39 is 0 Å². The fourth-order valence-electron chi connectivity index (χ4n) is 0. The minimum atomic E-state index is 0. The number of halogens is 1. The molecule has 0 amide bonds. The molecule has 32 valence electrons. The van der Waals surface area contributed by atoms with E-state index in [4.69, 9.17) is 5.26 Å². The van der Waals surface area contributed by atoms with Crippen molar-refractivity contribution < 1.29 is 17.1 Å². The molecular formula is CH2ClFeNS. The van der Waals surface area contributed by atoms with Crippen molar-refractivity contribution in [3.05, 3.63) is 0 Å². The van der Waals surface area contributed by atoms with Crippen LogP contribution in [0.25, 0.3) is 0 Å². The van der Waals surface area contributed by atoms with Gasteiger partial charge in [-0.25, -0.2) is 0 Å². The predicted molar refractivity (Wildman–Crippen MR) is 21.8 cm³/mol. The van der Waals surface area contributed by atoms with E-state index in [1.807, 2.05) is 0 Å². The maximum absolute atomic E-state index is 7.18. The van der Waals surface area contributed by atoms with Crippen molar-refractivity contribution in [1.29, 1.82) is 5.26 Å². The summed E-state index contributed by atoms with van der Waals surface area (Å²) < 4.78 is 0. The largest absolute Gasteiger partial charge is 0.185 e. The molecule has 0 N–H and O–H groups in total. The van der Waals surface area contributed by atoms with Gasteiger partial charge < -0.3 is 0 Å². The van der Waals surface area contributed by atoms with Crippen molar-refractivity contribution in [3.63, 3.8) is 0 Å². The minimum absolute atomic E-state index is 0. The number of nitriles is 1. The van der Waals surface area contributed by atoms with E-state index in [-0.39, 0.29) is 29.5 Å². The molecule has 0 aromatic rings. The molecule has 0 heterocycles. The molecule has 4 heteroatoms. The zero-order valence-corrected chi connectivity index (χ0v) is 4.97. The van der Waals surface area contributed by atoms with Crippen LogP contribution in [0, 0.1) is 10.7 Å². The van der Waals surface area contributed by atoms with Crippen LogP contribution in [-0.2, 0) is 17.1 Å². The van der Waals surface area contributed by atoms with Gasteiger partial charge in [-0.1, -0.05) is 12.6 Å². The van der Waals surface area contributed by atoms with Gasteiger partial charge in [0.25, 0.3) is 0 Å². The molecule has 0 aromatic heterocycles. The first kappa shape index (κ1) is 17.4. The predicted octanol–water partition coefficient (Wildman–Crippen LogP) is 0.817. The van der Waals surface area contributed by atoms with Crippen LogP contribution in [0.15, 0.2) is 0 Å². The quantitative estimate of drug-likeness (QED) is 0.309. The van der Waals surface area contributed by atoms with E-state index in [2.05, 4.69) is 12.6 Å². The van der Waals surface area contributed by atoms with Crippen LogP contribution in [0.3, 0.4) is 0 Å². The second-order valence-corrected chi connectivity index (χ2v) is 0.300. The number of hydrogen-bond donors (Lipinski definition) is 1. The molecule has 0 fully saturated rings. The van der Waals surface area contributed by atoms with Crippen LogP contribution in [0.1, 0.15) is 0 Å². The Labute approximate surface area is 53.0 Å². The van der Waals surface area contributed by atoms with Crippen LogP contribution < -0.4 is 0 Å². The first-order valence-corrected chi connectivity index (χ1v) is 0.894. The normalized spacial score (nSPS) is 1.60. The molecule has 0 atom stereocenters. The zero-order valence-electron chi connectivity index (χ0n) is 2.16. The fourth-order valence-corrected chi connectivity index (χ4v) is 0. The van der Waals surface area contributed by atoms with Gasteiger partial charge in [0, 0.05) is 17.1 Å². The number of nitrogens with zero attached hydrogens (tertiary/aromatic N) is 1. The summed E-state index contributed by atoms with van der Waals surface area (Å²) in [4.78, 5) is 0. The molecule has 0 rings (SSSR count). The molecule has 0 bridgehead atoms. The number of hydrogen-bond acceptors (Lipinski definition) is 2. The Bertz CT molecular complexity index is 33.1. The average Bonchev–Trinajstić information content (AvgIpc) is 0.918. The van der Waals surface area contributed by atoms with Gasteiger partial charge >= 0.3 is 0 Å². The Kier molecular flexibility index (Phi) is 79.2. The number of thiol groups is 1. The molecule has 0 spiro atoms. The average molecular weight is 151 g/mol. The van der Waals surface area contributed by atoms with Gasteiger partial charge in [0.1, 0.15) is 5.40 Å². The Hall–Kier alpha value is 0.649. The SMILES string of the molecule is Cl.N#CS.[Fe]. The van der Waals surface area contributed by atoms with Gasteiger partial charge in [-0.05, 0) is 0 Å². The molecule has 0 saturated carbocycles. The summed E-state index contributed by atoms with van der Waals surface area (Å²) in [5.74, 6) is 0. The summed E-state index contributed by atoms with van der Waals surface area (Å²) in [5, 5.41) is 8.63. The van der Waals surface area contributed by atoms with Gasteiger partial charge in [-0.3, -0.25) is 0 Å². The summed E-state index contributed by atoms with van der Waals surface area (Å²) in [7, 11) is 0. The minimum Gasteiger partial charge on any atom is -0.185 e. The molecule has 0 radical (unpaired) electrons. The van der Waals surface area contributed by atoms with E-state index in [0.29, 0.717) is 0 Å². The van der Waals surface area contributed by atoms with Crippen LogP contribution >= 0.6 is 25.0 Å². The van der Waals surface area contributed by atoms with Crippen molar-refractivity contribution in [3.8, 4) is 5.40 Å². The molecule has 0 aromatic carbocycles. The maximum Gasteiger partial charge on any atom is 0.130 e. The van der Waals surface area contributed by atoms with Gasteiger partial charge in [0.2, 0.25) is 0 Å². The van der Waals surface area contributed by atoms with Crippen LogP contribution in [-0.4, -0.2) is 0 Å². The third kappa shape index (κ3) is 77.4. The summed E-state index contributed by atoms with van der Waals surface area (Å²) >= 11 is 3.09. The van der Waals surface area contributed by atoms with Crippen LogP contribution in [0.5, 0.6) is 0 Å². The van der Waals surface area contributed by atoms with Crippen molar-refractivity contribution in [2.24, 2.45) is 0 Å². The van der Waals surface area contributed by atoms with Crippen molar-refractivity contribution in [1.82, 2.24) is 0 Å². The first-order chi connectivity index (χ1) is 1.41. The summed E-state index contributed by atoms with van der Waals surface area (Å²) in [6.45, 7) is 0. The summed E-state index contributed by atoms with van der Waals surface area (Å²) in [5.41, 5.74) is 0. The first-order valence-electron chi connectivity index (χ1n) is 0.447. The molecule has 5 heavy (non-hydrogen) atoms. The maximum atomic E-state index is 7.18. The molecule has 1 nitrogen and oxygen atoms in total. The molecule has 0 unspecified atom stereocenters. The summed E-state index contributed by atoms with van der Waals surface area (Å²) in [6.07, 6.45) is 0. The Morgan fingerprint density at radius 3 is 1.60 bits per heavy atom. The van der Waals surface area contributed by atoms with Crippen molar-refractivity contribution >= 4 is 25.0 Å². The van der Waals surface area contributed by atoms with Crippen LogP contribution in [0.2, 0.25) is 0 Å². The zero-order chi connectivity index (χ0) is 2.71. The van der Waals surface area contributed by atoms with Crippen molar-refractivity contribution in [2.75, 3.05) is 0 Å². The number of rotatable bonds is 0. The topological polar surface area (TPSA) is 23.8 Å². The van der Waals surface area contributed by atoms with Gasteiger partial charge in [0.15, 0.2) is 0 Å². The van der Waals surface area contributed by atoms with E-state index in [0.717, 1.165) is 0 Å².